The average Bonchev–Trinajstić information content (AvgIpc) is 2.55. The molecule has 23 heavy (non-hydrogen) atoms. The van der Waals surface area contributed by atoms with E-state index in [4.69, 9.17) is 17.3 Å². The number of aromatic nitrogens is 1. The van der Waals surface area contributed by atoms with Crippen LogP contribution in [-0.4, -0.2) is 10.1 Å². The Morgan fingerprint density at radius 3 is 2.48 bits per heavy atom. The lowest BCUT2D eigenvalue weighted by atomic mass is 9.92. The van der Waals surface area contributed by atoms with Gasteiger partial charge in [-0.15, -0.1) is 0 Å². The minimum atomic E-state index is 0.226. The highest BCUT2D eigenvalue weighted by molar-refractivity contribution is 6.30. The van der Waals surface area contributed by atoms with Gasteiger partial charge in [-0.2, -0.15) is 0 Å². The standard InChI is InChI=1S/C19H17ClN2O/c1-2-16-17(13-4-3-5-14(20)10-13)11-22-19(21)18(16)12-6-8-15(23)9-7-12/h3-11,23H,2H2,1H3,(H2,21,22). The number of nitrogen functional groups attached to an aromatic ring is 1. The number of halogens is 1. The number of rotatable bonds is 3. The molecule has 0 aliphatic rings. The molecule has 1 heterocycles. The Bertz CT molecular complexity index is 844. The molecule has 3 aromatic rings. The van der Waals surface area contributed by atoms with Crippen molar-refractivity contribution in [1.29, 1.82) is 0 Å². The lowest BCUT2D eigenvalue weighted by Gasteiger charge is -2.16. The molecule has 0 radical (unpaired) electrons. The smallest absolute Gasteiger partial charge is 0.131 e. The Morgan fingerprint density at radius 2 is 1.83 bits per heavy atom. The highest BCUT2D eigenvalue weighted by Gasteiger charge is 2.15. The number of benzene rings is 2. The molecule has 0 saturated heterocycles. The van der Waals surface area contributed by atoms with E-state index in [9.17, 15) is 5.11 Å². The van der Waals surface area contributed by atoms with Crippen LogP contribution < -0.4 is 5.73 Å². The van der Waals surface area contributed by atoms with Crippen molar-refractivity contribution in [1.82, 2.24) is 4.98 Å². The van der Waals surface area contributed by atoms with E-state index in [0.717, 1.165) is 34.2 Å². The van der Waals surface area contributed by atoms with Gasteiger partial charge in [0.1, 0.15) is 11.6 Å². The first kappa shape index (κ1) is 15.4. The van der Waals surface area contributed by atoms with Crippen molar-refractivity contribution in [3.8, 4) is 28.0 Å². The maximum Gasteiger partial charge on any atom is 0.131 e. The van der Waals surface area contributed by atoms with Gasteiger partial charge in [0.05, 0.1) is 0 Å². The minimum Gasteiger partial charge on any atom is -0.508 e. The van der Waals surface area contributed by atoms with Crippen molar-refractivity contribution in [2.24, 2.45) is 0 Å². The van der Waals surface area contributed by atoms with E-state index < -0.39 is 0 Å². The highest BCUT2D eigenvalue weighted by atomic mass is 35.5. The largest absolute Gasteiger partial charge is 0.508 e. The number of hydrogen-bond donors (Lipinski definition) is 2. The van der Waals surface area contributed by atoms with E-state index in [1.165, 1.54) is 0 Å². The van der Waals surface area contributed by atoms with E-state index >= 15 is 0 Å². The van der Waals surface area contributed by atoms with Crippen molar-refractivity contribution in [3.05, 3.63) is 65.3 Å². The molecule has 0 fully saturated rings. The molecule has 0 aliphatic heterocycles. The van der Waals surface area contributed by atoms with Gasteiger partial charge < -0.3 is 10.8 Å². The van der Waals surface area contributed by atoms with Crippen molar-refractivity contribution < 1.29 is 5.11 Å². The van der Waals surface area contributed by atoms with Gasteiger partial charge in [-0.25, -0.2) is 4.98 Å². The van der Waals surface area contributed by atoms with Crippen LogP contribution >= 0.6 is 11.6 Å². The first-order valence-corrected chi connectivity index (χ1v) is 7.80. The normalized spacial score (nSPS) is 10.7. The van der Waals surface area contributed by atoms with Crippen molar-refractivity contribution in [2.75, 3.05) is 5.73 Å². The van der Waals surface area contributed by atoms with Gasteiger partial charge in [0.15, 0.2) is 0 Å². The number of phenolic OH excluding ortho intramolecular Hbond substituents is 1. The summed E-state index contributed by atoms with van der Waals surface area (Å²) >= 11 is 6.12. The van der Waals surface area contributed by atoms with Crippen LogP contribution in [0.5, 0.6) is 5.75 Å². The minimum absolute atomic E-state index is 0.226. The molecule has 1 aromatic heterocycles. The molecule has 3 nitrogen and oxygen atoms in total. The molecule has 0 atom stereocenters. The Kier molecular flexibility index (Phi) is 4.22. The Hall–Kier alpha value is -2.52. The summed E-state index contributed by atoms with van der Waals surface area (Å²) in [5.74, 6) is 0.711. The second-order valence-electron chi connectivity index (χ2n) is 5.32. The fraction of sp³-hybridized carbons (Fsp3) is 0.105. The number of hydrogen-bond acceptors (Lipinski definition) is 3. The summed E-state index contributed by atoms with van der Waals surface area (Å²) in [6.07, 6.45) is 2.61. The number of aromatic hydroxyl groups is 1. The van der Waals surface area contributed by atoms with Gasteiger partial charge in [-0.05, 0) is 47.4 Å². The summed E-state index contributed by atoms with van der Waals surface area (Å²) in [4.78, 5) is 4.36. The second kappa shape index (κ2) is 6.31. The molecular weight excluding hydrogens is 308 g/mol. The summed E-state index contributed by atoms with van der Waals surface area (Å²) < 4.78 is 0. The van der Waals surface area contributed by atoms with Gasteiger partial charge in [0.2, 0.25) is 0 Å². The fourth-order valence-corrected chi connectivity index (χ4v) is 2.98. The summed E-state index contributed by atoms with van der Waals surface area (Å²) in [6, 6.07) is 14.7. The van der Waals surface area contributed by atoms with E-state index in [1.54, 1.807) is 18.3 Å². The zero-order valence-corrected chi connectivity index (χ0v) is 13.5. The third-order valence-electron chi connectivity index (χ3n) is 3.86. The van der Waals surface area contributed by atoms with Crippen LogP contribution in [0.1, 0.15) is 12.5 Å². The number of phenols is 1. The second-order valence-corrected chi connectivity index (χ2v) is 5.76. The molecule has 0 bridgehead atoms. The molecule has 0 aliphatic carbocycles. The van der Waals surface area contributed by atoms with Crippen LogP contribution in [0.15, 0.2) is 54.7 Å². The summed E-state index contributed by atoms with van der Waals surface area (Å²) in [7, 11) is 0. The highest BCUT2D eigenvalue weighted by Crippen LogP contribution is 2.36. The SMILES string of the molecule is CCc1c(-c2cccc(Cl)c2)cnc(N)c1-c1ccc(O)cc1. The number of anilines is 1. The first-order chi connectivity index (χ1) is 11.1. The van der Waals surface area contributed by atoms with Gasteiger partial charge in [0, 0.05) is 22.3 Å². The van der Waals surface area contributed by atoms with Crippen LogP contribution in [0.4, 0.5) is 5.82 Å². The maximum absolute atomic E-state index is 9.50. The van der Waals surface area contributed by atoms with E-state index in [-0.39, 0.29) is 5.75 Å². The number of pyridine rings is 1. The van der Waals surface area contributed by atoms with Crippen molar-refractivity contribution >= 4 is 17.4 Å². The zero-order valence-electron chi connectivity index (χ0n) is 12.8. The van der Waals surface area contributed by atoms with Crippen molar-refractivity contribution in [2.45, 2.75) is 13.3 Å². The number of nitrogens with two attached hydrogens (primary N) is 1. The topological polar surface area (TPSA) is 59.1 Å². The van der Waals surface area contributed by atoms with E-state index in [2.05, 4.69) is 11.9 Å². The molecule has 116 valence electrons. The van der Waals surface area contributed by atoms with E-state index in [1.807, 2.05) is 36.4 Å². The molecule has 0 unspecified atom stereocenters. The quantitative estimate of drug-likeness (QED) is 0.719. The third kappa shape index (κ3) is 3.01. The molecule has 3 rings (SSSR count). The first-order valence-electron chi connectivity index (χ1n) is 7.43. The zero-order chi connectivity index (χ0) is 16.4. The number of nitrogens with zero attached hydrogens (tertiary/aromatic N) is 1. The van der Waals surface area contributed by atoms with Crippen LogP contribution in [0.2, 0.25) is 5.02 Å². The predicted octanol–water partition coefficient (Wildman–Crippen LogP) is 4.92. The van der Waals surface area contributed by atoms with Crippen LogP contribution in [0.25, 0.3) is 22.3 Å². The molecular formula is C19H17ClN2O. The summed E-state index contributed by atoms with van der Waals surface area (Å²) in [6.45, 7) is 2.09. The monoisotopic (exact) mass is 324 g/mol. The average molecular weight is 325 g/mol. The molecule has 3 N–H and O–H groups in total. The summed E-state index contributed by atoms with van der Waals surface area (Å²) in [5, 5.41) is 10.2. The fourth-order valence-electron chi connectivity index (χ4n) is 2.79. The summed E-state index contributed by atoms with van der Waals surface area (Å²) in [5.41, 5.74) is 11.1. The molecule has 0 saturated carbocycles. The van der Waals surface area contributed by atoms with Crippen LogP contribution in [-0.2, 0) is 6.42 Å². The van der Waals surface area contributed by atoms with Gasteiger partial charge >= 0.3 is 0 Å². The molecule has 0 spiro atoms. The lowest BCUT2D eigenvalue weighted by molar-refractivity contribution is 0.475. The van der Waals surface area contributed by atoms with Crippen LogP contribution in [0.3, 0.4) is 0 Å². The Morgan fingerprint density at radius 1 is 1.09 bits per heavy atom. The lowest BCUT2D eigenvalue weighted by Crippen LogP contribution is -2.01. The van der Waals surface area contributed by atoms with Crippen LogP contribution in [0, 0.1) is 0 Å². The molecule has 0 amide bonds. The maximum atomic E-state index is 9.50. The van der Waals surface area contributed by atoms with Gasteiger partial charge in [-0.1, -0.05) is 42.8 Å². The van der Waals surface area contributed by atoms with Gasteiger partial charge in [0.25, 0.3) is 0 Å². The van der Waals surface area contributed by atoms with Crippen molar-refractivity contribution in [3.63, 3.8) is 0 Å². The predicted molar refractivity (Wildman–Crippen MR) is 95.6 cm³/mol. The Labute approximate surface area is 140 Å². The van der Waals surface area contributed by atoms with E-state index in [0.29, 0.717) is 10.8 Å². The molecule has 4 heteroatoms. The molecule has 2 aromatic carbocycles. The third-order valence-corrected chi connectivity index (χ3v) is 4.10. The van der Waals surface area contributed by atoms with Gasteiger partial charge in [-0.3, -0.25) is 0 Å². The Balaban J connectivity index is 2.24.